The minimum Gasteiger partial charge on any atom is -0.375 e. The number of rotatable bonds is 4. The topological polar surface area (TPSA) is 64.9 Å². The van der Waals surface area contributed by atoms with Crippen LogP contribution in [0.2, 0.25) is 0 Å². The van der Waals surface area contributed by atoms with E-state index in [0.29, 0.717) is 11.7 Å². The van der Waals surface area contributed by atoms with Gasteiger partial charge in [-0.05, 0) is 74.8 Å². The summed E-state index contributed by atoms with van der Waals surface area (Å²) < 4.78 is 47.0. The maximum Gasteiger partial charge on any atom is 0.433 e. The summed E-state index contributed by atoms with van der Waals surface area (Å²) in [5.41, 5.74) is 2.59. The Morgan fingerprint density at radius 3 is 2.67 bits per heavy atom. The van der Waals surface area contributed by atoms with Gasteiger partial charge in [-0.25, -0.2) is 9.97 Å². The summed E-state index contributed by atoms with van der Waals surface area (Å²) in [5.74, 6) is -0.0951. The normalized spacial score (nSPS) is 23.2. The molecule has 0 atom stereocenters. The second-order valence-corrected chi connectivity index (χ2v) is 9.05. The van der Waals surface area contributed by atoms with E-state index in [1.165, 1.54) is 6.42 Å². The lowest BCUT2D eigenvalue weighted by atomic mass is 9.80. The molecule has 174 valence electrons. The second-order valence-electron chi connectivity index (χ2n) is 9.05. The van der Waals surface area contributed by atoms with Crippen molar-refractivity contribution in [3.63, 3.8) is 0 Å². The van der Waals surface area contributed by atoms with Crippen LogP contribution in [0.1, 0.15) is 55.8 Å². The monoisotopic (exact) mass is 457 g/mol. The molecule has 2 fully saturated rings. The smallest absolute Gasteiger partial charge is 0.375 e. The zero-order chi connectivity index (χ0) is 23.1. The Balaban J connectivity index is 1.32. The summed E-state index contributed by atoms with van der Waals surface area (Å²) >= 11 is 0. The number of benzene rings is 1. The van der Waals surface area contributed by atoms with Crippen LogP contribution in [0, 0.1) is 6.92 Å². The number of alkyl halides is 3. The fraction of sp³-hybridized carbons (Fsp3) is 0.458. The number of ether oxygens (including phenoxy) is 1. The maximum atomic E-state index is 13.0. The molecule has 1 saturated carbocycles. The Hall–Kier alpha value is -2.94. The van der Waals surface area contributed by atoms with Crippen LogP contribution < -0.4 is 5.32 Å². The lowest BCUT2D eigenvalue weighted by Crippen LogP contribution is -2.34. The Morgan fingerprint density at radius 1 is 1.12 bits per heavy atom. The van der Waals surface area contributed by atoms with E-state index in [9.17, 15) is 13.2 Å². The van der Waals surface area contributed by atoms with Gasteiger partial charge in [-0.15, -0.1) is 0 Å². The Kier molecular flexibility index (Phi) is 5.60. The molecule has 1 spiro atoms. The first-order chi connectivity index (χ1) is 15.8. The fourth-order valence-corrected chi connectivity index (χ4v) is 4.96. The Morgan fingerprint density at radius 2 is 1.94 bits per heavy atom. The van der Waals surface area contributed by atoms with Crippen molar-refractivity contribution in [2.24, 2.45) is 0 Å². The summed E-state index contributed by atoms with van der Waals surface area (Å²) in [7, 11) is 0. The Labute approximate surface area is 190 Å². The number of nitrogens with one attached hydrogen (secondary N) is 1. The molecule has 0 unspecified atom stereocenters. The van der Waals surface area contributed by atoms with Crippen LogP contribution in [0.5, 0.6) is 0 Å². The molecule has 2 aromatic heterocycles. The van der Waals surface area contributed by atoms with Crippen LogP contribution in [-0.4, -0.2) is 32.0 Å². The highest BCUT2D eigenvalue weighted by molar-refractivity contribution is 5.70. The van der Waals surface area contributed by atoms with E-state index in [-0.39, 0.29) is 11.5 Å². The van der Waals surface area contributed by atoms with Crippen molar-refractivity contribution in [1.29, 1.82) is 0 Å². The number of nitrogens with zero attached hydrogens (tertiary/aromatic N) is 4. The molecule has 0 amide bonds. The van der Waals surface area contributed by atoms with Gasteiger partial charge < -0.3 is 10.1 Å². The third-order valence-electron chi connectivity index (χ3n) is 6.64. The van der Waals surface area contributed by atoms with Crippen LogP contribution in [0.3, 0.4) is 0 Å². The second kappa shape index (κ2) is 8.44. The van der Waals surface area contributed by atoms with Crippen molar-refractivity contribution >= 4 is 11.6 Å². The van der Waals surface area contributed by atoms with Crippen LogP contribution in [0.25, 0.3) is 11.1 Å². The highest BCUT2D eigenvalue weighted by Gasteiger charge is 2.39. The molecule has 2 aliphatic rings. The number of anilines is 2. The third-order valence-corrected chi connectivity index (χ3v) is 6.64. The van der Waals surface area contributed by atoms with E-state index in [1.807, 2.05) is 36.0 Å². The molecule has 6 nitrogen and oxygen atoms in total. The molecule has 9 heteroatoms. The van der Waals surface area contributed by atoms with Gasteiger partial charge in [-0.2, -0.15) is 18.3 Å². The van der Waals surface area contributed by atoms with E-state index in [2.05, 4.69) is 26.6 Å². The van der Waals surface area contributed by atoms with E-state index in [4.69, 9.17) is 4.74 Å². The molecule has 1 aliphatic carbocycles. The van der Waals surface area contributed by atoms with E-state index in [1.54, 1.807) is 0 Å². The molecule has 3 aromatic rings. The van der Waals surface area contributed by atoms with Crippen molar-refractivity contribution in [3.8, 4) is 11.1 Å². The lowest BCUT2D eigenvalue weighted by molar-refractivity contribution is -0.141. The number of halogens is 3. The number of hydrogen-bond acceptors (Lipinski definition) is 5. The molecule has 0 bridgehead atoms. The average Bonchev–Trinajstić information content (AvgIpc) is 3.44. The SMILES string of the molecule is Cc1cc(Nc2nccc(C(F)(F)F)n2)cc(-c2cnn(C3CCC4(CCCO4)CC3)c2)c1. The van der Waals surface area contributed by atoms with E-state index < -0.39 is 11.9 Å². The van der Waals surface area contributed by atoms with Crippen LogP contribution in [0.15, 0.2) is 42.9 Å². The molecule has 1 aliphatic heterocycles. The van der Waals surface area contributed by atoms with Gasteiger partial charge in [-0.1, -0.05) is 6.07 Å². The number of aryl methyl sites for hydroxylation is 1. The van der Waals surface area contributed by atoms with Gasteiger partial charge in [0.1, 0.15) is 5.69 Å². The molecule has 0 radical (unpaired) electrons. The van der Waals surface area contributed by atoms with Crippen molar-refractivity contribution in [1.82, 2.24) is 19.7 Å². The number of hydrogen-bond donors (Lipinski definition) is 1. The number of aromatic nitrogens is 4. The quantitative estimate of drug-likeness (QED) is 0.515. The molecule has 1 aromatic carbocycles. The highest BCUT2D eigenvalue weighted by atomic mass is 19.4. The van der Waals surface area contributed by atoms with Gasteiger partial charge in [0.05, 0.1) is 17.8 Å². The largest absolute Gasteiger partial charge is 0.433 e. The molecule has 1 saturated heterocycles. The summed E-state index contributed by atoms with van der Waals surface area (Å²) in [5, 5.41) is 7.52. The summed E-state index contributed by atoms with van der Waals surface area (Å²) in [6, 6.07) is 6.96. The van der Waals surface area contributed by atoms with Crippen molar-refractivity contribution in [2.75, 3.05) is 11.9 Å². The zero-order valence-corrected chi connectivity index (χ0v) is 18.4. The van der Waals surface area contributed by atoms with Gasteiger partial charge in [0, 0.05) is 30.3 Å². The van der Waals surface area contributed by atoms with E-state index >= 15 is 0 Å². The minimum atomic E-state index is -4.52. The van der Waals surface area contributed by atoms with Gasteiger partial charge in [0.2, 0.25) is 5.95 Å². The molecule has 3 heterocycles. The molecule has 1 N–H and O–H groups in total. The predicted octanol–water partition coefficient (Wildman–Crippen LogP) is 6.08. The first-order valence-electron chi connectivity index (χ1n) is 11.3. The molecule has 33 heavy (non-hydrogen) atoms. The van der Waals surface area contributed by atoms with Gasteiger partial charge in [-0.3, -0.25) is 4.68 Å². The first-order valence-corrected chi connectivity index (χ1v) is 11.3. The van der Waals surface area contributed by atoms with Gasteiger partial charge in [0.25, 0.3) is 0 Å². The van der Waals surface area contributed by atoms with Crippen LogP contribution in [-0.2, 0) is 10.9 Å². The van der Waals surface area contributed by atoms with Gasteiger partial charge >= 0.3 is 6.18 Å². The van der Waals surface area contributed by atoms with Crippen LogP contribution >= 0.6 is 0 Å². The Bertz CT molecular complexity index is 1130. The predicted molar refractivity (Wildman–Crippen MR) is 118 cm³/mol. The zero-order valence-electron chi connectivity index (χ0n) is 18.4. The molecular weight excluding hydrogens is 431 g/mol. The molecular formula is C24H26F3N5O. The minimum absolute atomic E-state index is 0.0923. The lowest BCUT2D eigenvalue weighted by Gasteiger charge is -2.36. The van der Waals surface area contributed by atoms with Gasteiger partial charge in [0.15, 0.2) is 0 Å². The van der Waals surface area contributed by atoms with E-state index in [0.717, 1.165) is 67.7 Å². The molecule has 5 rings (SSSR count). The van der Waals surface area contributed by atoms with Crippen molar-refractivity contribution in [3.05, 3.63) is 54.1 Å². The highest BCUT2D eigenvalue weighted by Crippen LogP contribution is 2.43. The summed E-state index contributed by atoms with van der Waals surface area (Å²) in [6.45, 7) is 2.82. The van der Waals surface area contributed by atoms with Crippen molar-refractivity contribution in [2.45, 2.75) is 63.3 Å². The summed E-state index contributed by atoms with van der Waals surface area (Å²) in [6.07, 6.45) is 7.05. The average molecular weight is 458 g/mol. The standard InChI is InChI=1S/C24H26F3N5O/c1-16-11-17(13-19(12-16)30-22-28-9-5-21(31-22)24(25,26)27)18-14-29-32(15-18)20-3-7-23(8-4-20)6-2-10-33-23/h5,9,11-15,20H,2-4,6-8,10H2,1H3,(H,28,30,31). The maximum absolute atomic E-state index is 13.0. The van der Waals surface area contributed by atoms with Crippen LogP contribution in [0.4, 0.5) is 24.8 Å². The summed E-state index contributed by atoms with van der Waals surface area (Å²) in [4.78, 5) is 7.52. The third kappa shape index (κ3) is 4.73. The van der Waals surface area contributed by atoms with Crippen molar-refractivity contribution < 1.29 is 17.9 Å². The fourth-order valence-electron chi connectivity index (χ4n) is 4.96. The first kappa shape index (κ1) is 21.9.